The van der Waals surface area contributed by atoms with Crippen LogP contribution in [0.3, 0.4) is 0 Å². The van der Waals surface area contributed by atoms with Crippen LogP contribution in [0.4, 0.5) is 0 Å². The Morgan fingerprint density at radius 3 is 2.17 bits per heavy atom. The molecule has 0 aliphatic heterocycles. The first-order valence-electron chi connectivity index (χ1n) is 12.6. The monoisotopic (exact) mass is 560 g/mol. The molecule has 2 aromatic rings. The van der Waals surface area contributed by atoms with E-state index in [0.29, 0.717) is 0 Å². The van der Waals surface area contributed by atoms with E-state index in [4.69, 9.17) is 22.3 Å². The number of carboxylic acids is 2. The number of aromatic nitrogens is 1. The molecular weight excluding hydrogens is 524 g/mol. The number of hydrogen-bond donors (Lipinski definition) is 9. The molecule has 0 bridgehead atoms. The molecule has 15 heteroatoms. The van der Waals surface area contributed by atoms with Crippen molar-refractivity contribution in [1.29, 1.82) is 0 Å². The molecule has 40 heavy (non-hydrogen) atoms. The third kappa shape index (κ3) is 9.90. The second kappa shape index (κ2) is 15.1. The number of nitrogens with two attached hydrogens (primary N) is 3. The highest BCUT2D eigenvalue weighted by Crippen LogP contribution is 2.19. The van der Waals surface area contributed by atoms with Crippen molar-refractivity contribution >= 4 is 46.5 Å². The lowest BCUT2D eigenvalue weighted by molar-refractivity contribution is -0.143. The standard InChI is InChI=1S/C25H36N8O7/c1-13(26)21(36)33-19(11-14-12-30-16-6-3-2-5-15(14)16)23(38)31-17(7-4-10-29-25(27)28)22(37)32-18(24(39)40)8-9-20(34)35/h2-3,5-6,12-13,17-19,30H,4,7-11,26H2,1H3,(H,31,38)(H,32,37)(H,33,36)(H,34,35)(H,39,40)(H4,27,28,29). The van der Waals surface area contributed by atoms with Crippen LogP contribution in [0.15, 0.2) is 35.5 Å². The van der Waals surface area contributed by atoms with Gasteiger partial charge in [0, 0.05) is 36.5 Å². The Hall–Kier alpha value is -4.66. The summed E-state index contributed by atoms with van der Waals surface area (Å²) in [5.41, 5.74) is 17.9. The maximum Gasteiger partial charge on any atom is 0.326 e. The van der Waals surface area contributed by atoms with Crippen LogP contribution in [0, 0.1) is 0 Å². The van der Waals surface area contributed by atoms with Gasteiger partial charge in [0.1, 0.15) is 18.1 Å². The van der Waals surface area contributed by atoms with Gasteiger partial charge in [-0.25, -0.2) is 4.79 Å². The molecule has 1 aromatic heterocycles. The molecule has 0 saturated heterocycles. The number of benzene rings is 1. The average Bonchev–Trinajstić information content (AvgIpc) is 3.29. The fourth-order valence-electron chi connectivity index (χ4n) is 3.88. The molecule has 12 N–H and O–H groups in total. The normalized spacial score (nSPS) is 13.8. The van der Waals surface area contributed by atoms with Gasteiger partial charge in [-0.05, 0) is 37.8 Å². The van der Waals surface area contributed by atoms with Crippen molar-refractivity contribution in [2.24, 2.45) is 22.2 Å². The molecule has 15 nitrogen and oxygen atoms in total. The van der Waals surface area contributed by atoms with Crippen molar-refractivity contribution in [2.75, 3.05) is 6.54 Å². The molecule has 0 spiro atoms. The summed E-state index contributed by atoms with van der Waals surface area (Å²) in [6.07, 6.45) is 1.17. The van der Waals surface area contributed by atoms with Crippen LogP contribution in [-0.2, 0) is 30.4 Å². The van der Waals surface area contributed by atoms with Gasteiger partial charge < -0.3 is 48.3 Å². The number of para-hydroxylation sites is 1. The van der Waals surface area contributed by atoms with E-state index in [0.717, 1.165) is 16.5 Å². The van der Waals surface area contributed by atoms with Gasteiger partial charge in [0.2, 0.25) is 17.7 Å². The van der Waals surface area contributed by atoms with Gasteiger partial charge in [-0.3, -0.25) is 24.2 Å². The zero-order valence-corrected chi connectivity index (χ0v) is 22.1. The Labute approximate surface area is 229 Å². The highest BCUT2D eigenvalue weighted by molar-refractivity contribution is 5.95. The highest BCUT2D eigenvalue weighted by Gasteiger charge is 2.30. The number of aliphatic imine (C=N–C) groups is 1. The molecule has 218 valence electrons. The summed E-state index contributed by atoms with van der Waals surface area (Å²) in [5.74, 6) is -4.97. The second-order valence-electron chi connectivity index (χ2n) is 9.26. The number of carboxylic acid groups (broad SMARTS) is 2. The molecule has 0 aliphatic carbocycles. The third-order valence-corrected chi connectivity index (χ3v) is 5.99. The van der Waals surface area contributed by atoms with Crippen molar-refractivity contribution in [1.82, 2.24) is 20.9 Å². The first-order chi connectivity index (χ1) is 18.9. The maximum atomic E-state index is 13.4. The van der Waals surface area contributed by atoms with E-state index in [2.05, 4.69) is 25.9 Å². The predicted molar refractivity (Wildman–Crippen MR) is 146 cm³/mol. The van der Waals surface area contributed by atoms with Crippen molar-refractivity contribution in [2.45, 2.75) is 63.2 Å². The smallest absolute Gasteiger partial charge is 0.326 e. The molecular formula is C25H36N8O7. The minimum atomic E-state index is -1.50. The summed E-state index contributed by atoms with van der Waals surface area (Å²) in [6.45, 7) is 1.59. The molecule has 0 aliphatic rings. The van der Waals surface area contributed by atoms with E-state index in [-0.39, 0.29) is 38.2 Å². The number of carbonyl (C=O) groups excluding carboxylic acids is 3. The zero-order valence-electron chi connectivity index (χ0n) is 22.1. The van der Waals surface area contributed by atoms with Crippen LogP contribution in [0.2, 0.25) is 0 Å². The van der Waals surface area contributed by atoms with Crippen LogP contribution in [0.1, 0.15) is 38.2 Å². The van der Waals surface area contributed by atoms with Gasteiger partial charge in [-0.15, -0.1) is 0 Å². The fraction of sp³-hybridized carbons (Fsp3) is 0.440. The number of H-pyrrole nitrogens is 1. The number of nitrogens with one attached hydrogen (secondary N) is 4. The Kier molecular flexibility index (Phi) is 11.9. The third-order valence-electron chi connectivity index (χ3n) is 5.99. The quantitative estimate of drug-likeness (QED) is 0.0652. The van der Waals surface area contributed by atoms with E-state index in [1.54, 1.807) is 6.20 Å². The van der Waals surface area contributed by atoms with E-state index in [1.165, 1.54) is 6.92 Å². The molecule has 4 unspecified atom stereocenters. The number of carbonyl (C=O) groups is 5. The van der Waals surface area contributed by atoms with Crippen molar-refractivity contribution in [3.05, 3.63) is 36.0 Å². The topological polar surface area (TPSA) is 268 Å². The number of amides is 3. The Morgan fingerprint density at radius 2 is 1.55 bits per heavy atom. The summed E-state index contributed by atoms with van der Waals surface area (Å²) in [4.78, 5) is 68.4. The minimum absolute atomic E-state index is 0.0146. The van der Waals surface area contributed by atoms with E-state index < -0.39 is 60.2 Å². The lowest BCUT2D eigenvalue weighted by Gasteiger charge is -2.25. The number of guanidine groups is 1. The average molecular weight is 561 g/mol. The fourth-order valence-corrected chi connectivity index (χ4v) is 3.88. The molecule has 0 fully saturated rings. The number of rotatable bonds is 16. The Balaban J connectivity index is 2.28. The van der Waals surface area contributed by atoms with Crippen molar-refractivity contribution in [3.8, 4) is 0 Å². The van der Waals surface area contributed by atoms with Crippen molar-refractivity contribution in [3.63, 3.8) is 0 Å². The first-order valence-corrected chi connectivity index (χ1v) is 12.6. The molecule has 0 radical (unpaired) electrons. The van der Waals surface area contributed by atoms with Gasteiger partial charge in [0.05, 0.1) is 6.04 Å². The van der Waals surface area contributed by atoms with Gasteiger partial charge in [-0.1, -0.05) is 18.2 Å². The predicted octanol–water partition coefficient (Wildman–Crippen LogP) is -1.48. The number of hydrogen-bond acceptors (Lipinski definition) is 7. The van der Waals surface area contributed by atoms with Crippen LogP contribution in [0.25, 0.3) is 10.9 Å². The van der Waals surface area contributed by atoms with E-state index >= 15 is 0 Å². The van der Waals surface area contributed by atoms with Crippen LogP contribution >= 0.6 is 0 Å². The van der Waals surface area contributed by atoms with Crippen LogP contribution in [0.5, 0.6) is 0 Å². The SMILES string of the molecule is CC(N)C(=O)NC(Cc1c[nH]c2ccccc12)C(=O)NC(CCCN=C(N)N)C(=O)NC(CCC(=O)O)C(=O)O. The van der Waals surface area contributed by atoms with Crippen LogP contribution < -0.4 is 33.2 Å². The highest BCUT2D eigenvalue weighted by atomic mass is 16.4. The van der Waals surface area contributed by atoms with Crippen molar-refractivity contribution < 1.29 is 34.2 Å². The number of fused-ring (bicyclic) bond motifs is 1. The molecule has 0 saturated carbocycles. The zero-order chi connectivity index (χ0) is 29.8. The van der Waals surface area contributed by atoms with Gasteiger partial charge in [-0.2, -0.15) is 0 Å². The lowest BCUT2D eigenvalue weighted by Crippen LogP contribution is -2.57. The summed E-state index contributed by atoms with van der Waals surface area (Å²) in [7, 11) is 0. The minimum Gasteiger partial charge on any atom is -0.481 e. The maximum absolute atomic E-state index is 13.4. The second-order valence-corrected chi connectivity index (χ2v) is 9.26. The summed E-state index contributed by atoms with van der Waals surface area (Å²) in [6, 6.07) is 2.59. The van der Waals surface area contributed by atoms with E-state index in [1.807, 2.05) is 24.3 Å². The summed E-state index contributed by atoms with van der Waals surface area (Å²) >= 11 is 0. The lowest BCUT2D eigenvalue weighted by atomic mass is 10.0. The molecule has 2 rings (SSSR count). The van der Waals surface area contributed by atoms with Gasteiger partial charge in [0.25, 0.3) is 0 Å². The largest absolute Gasteiger partial charge is 0.481 e. The number of nitrogens with zero attached hydrogens (tertiary/aromatic N) is 1. The molecule has 3 amide bonds. The van der Waals surface area contributed by atoms with Gasteiger partial charge >= 0.3 is 11.9 Å². The number of aliphatic carboxylic acids is 2. The van der Waals surface area contributed by atoms with E-state index in [9.17, 15) is 29.1 Å². The first kappa shape index (κ1) is 31.6. The molecule has 1 aromatic carbocycles. The Morgan fingerprint density at radius 1 is 0.925 bits per heavy atom. The molecule has 1 heterocycles. The molecule has 4 atom stereocenters. The van der Waals surface area contributed by atoms with Crippen LogP contribution in [-0.4, -0.2) is 81.5 Å². The summed E-state index contributed by atoms with van der Waals surface area (Å²) < 4.78 is 0. The Bertz CT molecular complexity index is 1240. The number of aromatic amines is 1. The summed E-state index contributed by atoms with van der Waals surface area (Å²) in [5, 5.41) is 26.6. The van der Waals surface area contributed by atoms with Gasteiger partial charge in [0.15, 0.2) is 5.96 Å².